The van der Waals surface area contributed by atoms with Gasteiger partial charge in [0, 0.05) is 5.08 Å². The van der Waals surface area contributed by atoms with Gasteiger partial charge in [0.15, 0.2) is 8.68 Å². The van der Waals surface area contributed by atoms with Gasteiger partial charge in [0.05, 0.1) is 0 Å². The first kappa shape index (κ1) is 10.0. The molecule has 7 heteroatoms. The van der Waals surface area contributed by atoms with E-state index in [1.54, 1.807) is 44.7 Å². The Labute approximate surface area is 87.1 Å². The minimum Gasteiger partial charge on any atom is -0.168 e. The molecule has 11 heavy (non-hydrogen) atoms. The number of aromatic nitrogens is 2. The molecule has 0 aliphatic carbocycles. The van der Waals surface area contributed by atoms with Crippen LogP contribution in [-0.2, 0) is 0 Å². The lowest BCUT2D eigenvalue weighted by Gasteiger charge is -1.84. The number of rotatable bonds is 4. The molecule has 0 amide bonds. The molecule has 0 saturated heterocycles. The lowest BCUT2D eigenvalue weighted by molar-refractivity contribution is 0.958. The smallest absolute Gasteiger partial charge is 0.168 e. The van der Waals surface area contributed by atoms with Crippen molar-refractivity contribution >= 4 is 57.3 Å². The highest BCUT2D eigenvalue weighted by Gasteiger charge is 2.02. The molecule has 0 unspecified atom stereocenters. The molecule has 0 aromatic carbocycles. The molecule has 2 nitrogen and oxygen atoms in total. The number of hydrogen-bond acceptors (Lipinski definition) is 7. The third-order valence-electron chi connectivity index (χ3n) is 0.731. The lowest BCUT2D eigenvalue weighted by Crippen LogP contribution is -1.69. The zero-order valence-electron chi connectivity index (χ0n) is 5.68. The summed E-state index contributed by atoms with van der Waals surface area (Å²) in [7, 11) is 3.33. The summed E-state index contributed by atoms with van der Waals surface area (Å²) in [6, 6.07) is 0. The third kappa shape index (κ3) is 3.45. The molecule has 1 heterocycles. The summed E-state index contributed by atoms with van der Waals surface area (Å²) >= 11 is 7.31. The average Bonchev–Trinajstić information content (AvgIpc) is 2.38. The Morgan fingerprint density at radius 3 is 2.82 bits per heavy atom. The highest BCUT2D eigenvalue weighted by atomic mass is 33.1. The van der Waals surface area contributed by atoms with Crippen molar-refractivity contribution in [1.82, 2.24) is 10.2 Å². The zero-order chi connectivity index (χ0) is 8.10. The Balaban J connectivity index is 2.51. The van der Waals surface area contributed by atoms with Crippen molar-refractivity contribution in [2.45, 2.75) is 8.68 Å². The molecule has 0 atom stereocenters. The van der Waals surface area contributed by atoms with Crippen LogP contribution in [0.15, 0.2) is 8.68 Å². The van der Waals surface area contributed by atoms with Gasteiger partial charge in [-0.05, 0) is 17.0 Å². The van der Waals surface area contributed by atoms with Crippen LogP contribution in [0.1, 0.15) is 0 Å². The van der Waals surface area contributed by atoms with Crippen molar-refractivity contribution < 1.29 is 0 Å². The van der Waals surface area contributed by atoms with Crippen LogP contribution in [0.25, 0.3) is 0 Å². The summed E-state index contributed by atoms with van der Waals surface area (Å²) in [5, 5.41) is 8.72. The third-order valence-corrected chi connectivity index (χ3v) is 4.87. The quantitative estimate of drug-likeness (QED) is 0.379. The van der Waals surface area contributed by atoms with E-state index >= 15 is 0 Å². The van der Waals surface area contributed by atoms with Crippen molar-refractivity contribution in [1.29, 1.82) is 0 Å². The maximum atomic E-state index is 4.08. The van der Waals surface area contributed by atoms with Crippen molar-refractivity contribution in [3.05, 3.63) is 0 Å². The predicted octanol–water partition coefficient (Wildman–Crippen LogP) is 2.89. The van der Waals surface area contributed by atoms with E-state index < -0.39 is 0 Å². The van der Waals surface area contributed by atoms with Gasteiger partial charge in [0.2, 0.25) is 0 Å². The van der Waals surface area contributed by atoms with Crippen LogP contribution < -0.4 is 0 Å². The molecule has 0 radical (unpaired) electrons. The Bertz CT molecular complexity index is 192. The highest BCUT2D eigenvalue weighted by Crippen LogP contribution is 2.34. The van der Waals surface area contributed by atoms with Gasteiger partial charge in [-0.25, -0.2) is 0 Å². The Morgan fingerprint density at radius 2 is 2.18 bits per heavy atom. The van der Waals surface area contributed by atoms with Gasteiger partial charge in [-0.1, -0.05) is 33.9 Å². The van der Waals surface area contributed by atoms with Crippen molar-refractivity contribution in [3.63, 3.8) is 0 Å². The summed E-state index contributed by atoms with van der Waals surface area (Å²) in [4.78, 5) is 0. The van der Waals surface area contributed by atoms with Crippen LogP contribution in [0.5, 0.6) is 0 Å². The zero-order valence-corrected chi connectivity index (χ0v) is 9.84. The number of thiol groups is 1. The van der Waals surface area contributed by atoms with Gasteiger partial charge >= 0.3 is 0 Å². The fourth-order valence-electron chi connectivity index (χ4n) is 0.416. The van der Waals surface area contributed by atoms with Gasteiger partial charge in [0.25, 0.3) is 0 Å². The van der Waals surface area contributed by atoms with E-state index in [0.29, 0.717) is 0 Å². The van der Waals surface area contributed by atoms with Gasteiger partial charge in [-0.2, -0.15) is 12.6 Å². The maximum Gasteiger partial charge on any atom is 0.185 e. The Kier molecular flexibility index (Phi) is 5.09. The second kappa shape index (κ2) is 5.58. The van der Waals surface area contributed by atoms with E-state index in [4.69, 9.17) is 0 Å². The van der Waals surface area contributed by atoms with Gasteiger partial charge in [0.1, 0.15) is 0 Å². The molecule has 0 N–H and O–H groups in total. The fraction of sp³-hybridized carbons (Fsp3) is 0.500. The molecule has 0 fully saturated rings. The summed E-state index contributed by atoms with van der Waals surface area (Å²) in [5.74, 6) is 0. The van der Waals surface area contributed by atoms with Crippen LogP contribution in [0.2, 0.25) is 0 Å². The van der Waals surface area contributed by atoms with Gasteiger partial charge in [-0.15, -0.1) is 10.2 Å². The Morgan fingerprint density at radius 1 is 1.45 bits per heavy atom. The lowest BCUT2D eigenvalue weighted by atomic mass is 11.6. The summed E-state index contributed by atoms with van der Waals surface area (Å²) in [6.45, 7) is 0. The second-order valence-electron chi connectivity index (χ2n) is 1.36. The molecular formula is C4H6N2S5. The number of hydrogen-bond donors (Lipinski definition) is 1. The molecule has 1 aromatic rings. The average molecular weight is 242 g/mol. The van der Waals surface area contributed by atoms with E-state index in [0.717, 1.165) is 13.8 Å². The standard InChI is InChI=1S/C4H6N2S5/c1-8-11-4-6-5-3(10-4)9-2-7/h7H,2H2,1H3. The monoisotopic (exact) mass is 242 g/mol. The SMILES string of the molecule is CSSc1nnc(SCS)s1. The fourth-order valence-corrected chi connectivity index (χ4v) is 4.41. The molecule has 0 aliphatic rings. The minimum absolute atomic E-state index is 0.762. The predicted molar refractivity (Wildman–Crippen MR) is 59.0 cm³/mol. The topological polar surface area (TPSA) is 25.8 Å². The van der Waals surface area contributed by atoms with Crippen LogP contribution >= 0.6 is 57.3 Å². The van der Waals surface area contributed by atoms with Crippen LogP contribution in [0.3, 0.4) is 0 Å². The highest BCUT2D eigenvalue weighted by molar-refractivity contribution is 8.76. The molecule has 0 spiro atoms. The van der Waals surface area contributed by atoms with E-state index in [1.165, 1.54) is 0 Å². The first-order chi connectivity index (χ1) is 5.36. The first-order valence-electron chi connectivity index (χ1n) is 2.64. The largest absolute Gasteiger partial charge is 0.185 e. The van der Waals surface area contributed by atoms with Crippen LogP contribution in [0.4, 0.5) is 0 Å². The van der Waals surface area contributed by atoms with E-state index in [1.807, 2.05) is 6.26 Å². The van der Waals surface area contributed by atoms with Gasteiger partial charge in [-0.3, -0.25) is 0 Å². The van der Waals surface area contributed by atoms with E-state index in [9.17, 15) is 0 Å². The molecule has 0 aliphatic heterocycles. The van der Waals surface area contributed by atoms with Gasteiger partial charge < -0.3 is 0 Å². The molecule has 0 bridgehead atoms. The molecule has 62 valence electrons. The maximum absolute atomic E-state index is 4.08. The van der Waals surface area contributed by atoms with Crippen LogP contribution in [0, 0.1) is 0 Å². The summed E-state index contributed by atoms with van der Waals surface area (Å²) in [5.41, 5.74) is 0. The van der Waals surface area contributed by atoms with Crippen molar-refractivity contribution in [2.75, 3.05) is 11.3 Å². The minimum atomic E-state index is 0.762. The molecule has 1 rings (SSSR count). The summed E-state index contributed by atoms with van der Waals surface area (Å²) < 4.78 is 2.01. The normalized spacial score (nSPS) is 10.4. The van der Waals surface area contributed by atoms with E-state index in [-0.39, 0.29) is 0 Å². The first-order valence-corrected chi connectivity index (χ1v) is 7.64. The van der Waals surface area contributed by atoms with E-state index in [2.05, 4.69) is 22.8 Å². The molecule has 0 saturated carbocycles. The Hall–Kier alpha value is 0.960. The molecule has 1 aromatic heterocycles. The van der Waals surface area contributed by atoms with Crippen molar-refractivity contribution in [2.24, 2.45) is 0 Å². The second-order valence-corrected chi connectivity index (χ2v) is 6.95. The number of nitrogens with zero attached hydrogens (tertiary/aromatic N) is 2. The van der Waals surface area contributed by atoms with Crippen molar-refractivity contribution in [3.8, 4) is 0 Å². The summed E-state index contributed by atoms with van der Waals surface area (Å²) in [6.07, 6.45) is 2.03. The molecular weight excluding hydrogens is 236 g/mol. The number of thioether (sulfide) groups is 1. The van der Waals surface area contributed by atoms with Crippen LogP contribution in [-0.4, -0.2) is 21.5 Å².